The second kappa shape index (κ2) is 5.00. The maximum Gasteiger partial charge on any atom is 0.142 e. The maximum atomic E-state index is 9.62. The van der Waals surface area contributed by atoms with Crippen molar-refractivity contribution < 1.29 is 5.11 Å². The van der Waals surface area contributed by atoms with Crippen LogP contribution < -0.4 is 0 Å². The summed E-state index contributed by atoms with van der Waals surface area (Å²) in [7, 11) is 0. The Balaban J connectivity index is 2.30. The van der Waals surface area contributed by atoms with Gasteiger partial charge in [0.15, 0.2) is 0 Å². The third kappa shape index (κ3) is 3.25. The summed E-state index contributed by atoms with van der Waals surface area (Å²) in [5, 5.41) is 10.2. The van der Waals surface area contributed by atoms with E-state index in [-0.39, 0.29) is 0 Å². The van der Waals surface area contributed by atoms with Crippen molar-refractivity contribution in [3.63, 3.8) is 0 Å². The predicted molar refractivity (Wildman–Crippen MR) is 57.1 cm³/mol. The van der Waals surface area contributed by atoms with Crippen LogP contribution in [0, 0.1) is 5.92 Å². The molecule has 0 amide bonds. The molecular weight excluding hydrogens is 170 g/mol. The van der Waals surface area contributed by atoms with Gasteiger partial charge >= 0.3 is 0 Å². The van der Waals surface area contributed by atoms with Crippen molar-refractivity contribution in [2.75, 3.05) is 18.8 Å². The molecule has 72 valence electrons. The highest BCUT2D eigenvalue weighted by atomic mass is 32.1. The van der Waals surface area contributed by atoms with Crippen molar-refractivity contribution in [3.05, 3.63) is 0 Å². The van der Waals surface area contributed by atoms with Crippen LogP contribution in [0.5, 0.6) is 0 Å². The largest absolute Gasteiger partial charge is 0.346 e. The molecular formula is C9H19NOS. The van der Waals surface area contributed by atoms with Gasteiger partial charge in [-0.15, -0.1) is 0 Å². The molecule has 0 aromatic heterocycles. The first kappa shape index (κ1) is 10.2. The van der Waals surface area contributed by atoms with Gasteiger partial charge in [-0.25, -0.2) is 0 Å². The molecule has 1 aliphatic carbocycles. The summed E-state index contributed by atoms with van der Waals surface area (Å²) in [5.74, 6) is 2.06. The lowest BCUT2D eigenvalue weighted by Crippen LogP contribution is -2.29. The van der Waals surface area contributed by atoms with E-state index in [1.165, 1.54) is 12.8 Å². The van der Waals surface area contributed by atoms with E-state index in [1.807, 2.05) is 4.90 Å². The minimum atomic E-state index is 0.562. The van der Waals surface area contributed by atoms with Gasteiger partial charge < -0.3 is 5.11 Å². The molecule has 1 fully saturated rings. The van der Waals surface area contributed by atoms with Gasteiger partial charge in [0.1, 0.15) is 5.17 Å². The van der Waals surface area contributed by atoms with E-state index >= 15 is 0 Å². The number of hydrogen-bond donors (Lipinski definition) is 2. The molecule has 2 nitrogen and oxygen atoms in total. The van der Waals surface area contributed by atoms with E-state index in [2.05, 4.69) is 13.8 Å². The molecule has 1 N–H and O–H groups in total. The van der Waals surface area contributed by atoms with Gasteiger partial charge in [0.2, 0.25) is 0 Å². The average molecular weight is 189 g/mol. The molecule has 0 radical (unpaired) electrons. The molecule has 0 saturated heterocycles. The molecule has 0 aliphatic heterocycles. The number of hydrogen-bond acceptors (Lipinski definition) is 0. The number of nitrogens with zero attached hydrogens (tertiary/aromatic N) is 1. The van der Waals surface area contributed by atoms with Gasteiger partial charge in [-0.3, -0.25) is 4.90 Å². The lowest BCUT2D eigenvalue weighted by Gasteiger charge is -2.16. The Hall–Kier alpha value is 0.140. The second-order valence-corrected chi connectivity index (χ2v) is 4.34. The zero-order valence-electron chi connectivity index (χ0n) is 7.95. The monoisotopic (exact) mass is 189 g/mol. The fraction of sp³-hybridized carbons (Fsp3) is 0.889. The molecule has 0 unspecified atom stereocenters. The number of rotatable bonds is 4. The lowest BCUT2D eigenvalue weighted by atomic mass is 10.5. The first-order valence-electron chi connectivity index (χ1n) is 4.76. The lowest BCUT2D eigenvalue weighted by molar-refractivity contribution is 0.371. The molecule has 0 aromatic rings. The Morgan fingerprint density at radius 3 is 2.42 bits per heavy atom. The van der Waals surface area contributed by atoms with E-state index < -0.39 is 0 Å². The van der Waals surface area contributed by atoms with Crippen LogP contribution in [-0.2, 0) is 0 Å². The standard InChI is InChI=1S/C9H19NOS/c1-3-10(4-2)9(11)12-7-8-5-6-8/h8,11-12H,3-7H2,1-2H3. The Bertz CT molecular complexity index is 162. The number of aliphatic hydroxyl groups excluding tert-OH is 1. The Morgan fingerprint density at radius 2 is 2.00 bits per heavy atom. The van der Waals surface area contributed by atoms with E-state index in [9.17, 15) is 5.11 Å². The average Bonchev–Trinajstić information content (AvgIpc) is 2.86. The quantitative estimate of drug-likeness (QED) is 0.521. The zero-order chi connectivity index (χ0) is 8.97. The third-order valence-electron chi connectivity index (χ3n) is 2.23. The van der Waals surface area contributed by atoms with Crippen molar-refractivity contribution in [3.8, 4) is 0 Å². The Labute approximate surface area is 78.5 Å². The van der Waals surface area contributed by atoms with Gasteiger partial charge in [-0.2, -0.15) is 11.4 Å². The molecule has 0 aromatic carbocycles. The topological polar surface area (TPSA) is 23.5 Å². The van der Waals surface area contributed by atoms with Crippen LogP contribution in [0.1, 0.15) is 26.7 Å². The summed E-state index contributed by atoms with van der Waals surface area (Å²) >= 11 is 1.12. The van der Waals surface area contributed by atoms with E-state index in [1.54, 1.807) is 0 Å². The smallest absolute Gasteiger partial charge is 0.142 e. The molecule has 0 heterocycles. The zero-order valence-corrected chi connectivity index (χ0v) is 8.85. The molecule has 0 spiro atoms. The molecule has 1 aliphatic rings. The van der Waals surface area contributed by atoms with Crippen LogP contribution >= 0.6 is 11.4 Å². The number of thiol groups is 1. The first-order chi connectivity index (χ1) is 5.77. The fourth-order valence-electron chi connectivity index (χ4n) is 1.12. The van der Waals surface area contributed by atoms with Gasteiger partial charge in [-0.05, 0) is 24.5 Å². The SMILES string of the molecule is CCN(CC)C(O)=[SH]CC1CC1. The van der Waals surface area contributed by atoms with Crippen LogP contribution in [0.2, 0.25) is 0 Å². The second-order valence-electron chi connectivity index (χ2n) is 3.26. The molecule has 1 rings (SSSR count). The fourth-order valence-corrected chi connectivity index (χ4v) is 2.39. The van der Waals surface area contributed by atoms with E-state index in [0.29, 0.717) is 5.17 Å². The van der Waals surface area contributed by atoms with Crippen molar-refractivity contribution >= 4 is 16.5 Å². The minimum Gasteiger partial charge on any atom is -0.346 e. The summed E-state index contributed by atoms with van der Waals surface area (Å²) in [6, 6.07) is 0. The summed E-state index contributed by atoms with van der Waals surface area (Å²) in [6.07, 6.45) is 2.75. The highest BCUT2D eigenvalue weighted by Gasteiger charge is 2.19. The highest BCUT2D eigenvalue weighted by Crippen LogP contribution is 2.30. The van der Waals surface area contributed by atoms with Crippen LogP contribution in [0.25, 0.3) is 0 Å². The maximum absolute atomic E-state index is 9.62. The summed E-state index contributed by atoms with van der Waals surface area (Å²) in [5.41, 5.74) is 0. The van der Waals surface area contributed by atoms with E-state index in [0.717, 1.165) is 36.1 Å². The van der Waals surface area contributed by atoms with Gasteiger partial charge in [0.05, 0.1) is 0 Å². The first-order valence-corrected chi connectivity index (χ1v) is 5.84. The van der Waals surface area contributed by atoms with Crippen molar-refractivity contribution in [2.45, 2.75) is 26.7 Å². The van der Waals surface area contributed by atoms with Crippen molar-refractivity contribution in [1.82, 2.24) is 4.90 Å². The van der Waals surface area contributed by atoms with Gasteiger partial charge in [-0.1, -0.05) is 13.8 Å². The molecule has 1 saturated carbocycles. The Morgan fingerprint density at radius 1 is 1.42 bits per heavy atom. The van der Waals surface area contributed by atoms with Gasteiger partial charge in [0, 0.05) is 13.1 Å². The molecule has 12 heavy (non-hydrogen) atoms. The highest BCUT2D eigenvalue weighted by molar-refractivity contribution is 7.98. The third-order valence-corrected chi connectivity index (χ3v) is 3.50. The van der Waals surface area contributed by atoms with Gasteiger partial charge in [0.25, 0.3) is 0 Å². The summed E-state index contributed by atoms with van der Waals surface area (Å²) < 4.78 is 0. The molecule has 3 heteroatoms. The van der Waals surface area contributed by atoms with Crippen molar-refractivity contribution in [2.24, 2.45) is 5.92 Å². The predicted octanol–water partition coefficient (Wildman–Crippen LogP) is 1.85. The van der Waals surface area contributed by atoms with Crippen LogP contribution in [0.15, 0.2) is 0 Å². The summed E-state index contributed by atoms with van der Waals surface area (Å²) in [4.78, 5) is 2.02. The molecule has 0 atom stereocenters. The summed E-state index contributed by atoms with van der Waals surface area (Å²) in [6.45, 7) is 5.98. The van der Waals surface area contributed by atoms with E-state index in [4.69, 9.17) is 0 Å². The van der Waals surface area contributed by atoms with Crippen molar-refractivity contribution in [1.29, 1.82) is 0 Å². The normalized spacial score (nSPS) is 19.5. The van der Waals surface area contributed by atoms with Crippen LogP contribution in [0.3, 0.4) is 0 Å². The minimum absolute atomic E-state index is 0.562. The Kier molecular flexibility index (Phi) is 4.26. The molecule has 0 bridgehead atoms. The van der Waals surface area contributed by atoms with Crippen LogP contribution in [0.4, 0.5) is 0 Å². The van der Waals surface area contributed by atoms with Crippen LogP contribution in [-0.4, -0.2) is 34.0 Å². The number of aliphatic hydroxyl groups is 1.